The van der Waals surface area contributed by atoms with Gasteiger partial charge < -0.3 is 11.1 Å². The average Bonchev–Trinajstić information content (AvgIpc) is 2.60. The first-order chi connectivity index (χ1) is 7.93. The highest BCUT2D eigenvalue weighted by Crippen LogP contribution is 2.15. The largest absolute Gasteiger partial charge is 0.347 e. The minimum atomic E-state index is -0.242. The second kappa shape index (κ2) is 5.31. The Labute approximate surface area is 102 Å². The molecule has 0 bridgehead atoms. The van der Waals surface area contributed by atoms with Crippen molar-refractivity contribution >= 4 is 5.91 Å². The normalized spacial score (nSPS) is 14.4. The highest BCUT2D eigenvalue weighted by molar-refractivity contribution is 5.95. The summed E-state index contributed by atoms with van der Waals surface area (Å²) in [5, 5.41) is 7.11. The quantitative estimate of drug-likeness (QED) is 0.803. The van der Waals surface area contributed by atoms with Crippen LogP contribution in [0.1, 0.15) is 42.7 Å². The van der Waals surface area contributed by atoms with Gasteiger partial charge in [-0.25, -0.2) is 0 Å². The molecule has 0 saturated carbocycles. The Balaban J connectivity index is 2.81. The average molecular weight is 238 g/mol. The van der Waals surface area contributed by atoms with Crippen molar-refractivity contribution in [1.82, 2.24) is 15.1 Å². The van der Waals surface area contributed by atoms with Gasteiger partial charge in [0.05, 0.1) is 11.8 Å². The summed E-state index contributed by atoms with van der Waals surface area (Å²) in [7, 11) is 1.82. The molecule has 17 heavy (non-hydrogen) atoms. The van der Waals surface area contributed by atoms with Gasteiger partial charge in [-0.15, -0.1) is 0 Å². The van der Waals surface area contributed by atoms with Crippen LogP contribution in [-0.4, -0.2) is 27.8 Å². The summed E-state index contributed by atoms with van der Waals surface area (Å²) >= 11 is 0. The van der Waals surface area contributed by atoms with E-state index in [4.69, 9.17) is 5.73 Å². The van der Waals surface area contributed by atoms with E-state index in [-0.39, 0.29) is 11.4 Å². The van der Waals surface area contributed by atoms with Crippen LogP contribution >= 0.6 is 0 Å². The Morgan fingerprint density at radius 2 is 2.29 bits per heavy atom. The molecule has 1 atom stereocenters. The molecular weight excluding hydrogens is 216 g/mol. The van der Waals surface area contributed by atoms with E-state index in [1.54, 1.807) is 10.9 Å². The summed E-state index contributed by atoms with van der Waals surface area (Å²) in [6, 6.07) is 0. The van der Waals surface area contributed by atoms with Crippen LogP contribution in [0.2, 0.25) is 0 Å². The van der Waals surface area contributed by atoms with Crippen molar-refractivity contribution < 1.29 is 4.79 Å². The Morgan fingerprint density at radius 3 is 2.71 bits per heavy atom. The van der Waals surface area contributed by atoms with E-state index in [1.165, 1.54) is 0 Å². The van der Waals surface area contributed by atoms with Crippen molar-refractivity contribution in [2.75, 3.05) is 6.54 Å². The monoisotopic (exact) mass is 238 g/mol. The van der Waals surface area contributed by atoms with Crippen LogP contribution in [0, 0.1) is 6.92 Å². The van der Waals surface area contributed by atoms with Gasteiger partial charge in [-0.2, -0.15) is 5.10 Å². The van der Waals surface area contributed by atoms with Crippen molar-refractivity contribution in [2.45, 2.75) is 39.2 Å². The van der Waals surface area contributed by atoms with E-state index < -0.39 is 0 Å². The smallest absolute Gasteiger partial charge is 0.255 e. The molecule has 5 nitrogen and oxygen atoms in total. The SMILES string of the molecule is CCC(C)(CCN)NC(=O)c1cnn(C)c1C. The number of aryl methyl sites for hydroxylation is 1. The van der Waals surface area contributed by atoms with Crippen LogP contribution < -0.4 is 11.1 Å². The second-order valence-corrected chi connectivity index (χ2v) is 4.67. The van der Waals surface area contributed by atoms with Gasteiger partial charge >= 0.3 is 0 Å². The Bertz CT molecular complexity index is 399. The van der Waals surface area contributed by atoms with E-state index >= 15 is 0 Å². The summed E-state index contributed by atoms with van der Waals surface area (Å²) in [5.41, 5.74) is 6.83. The number of carbonyl (C=O) groups is 1. The molecule has 1 heterocycles. The molecule has 0 aromatic carbocycles. The molecule has 1 rings (SSSR count). The topological polar surface area (TPSA) is 72.9 Å². The fourth-order valence-corrected chi connectivity index (χ4v) is 1.71. The second-order valence-electron chi connectivity index (χ2n) is 4.67. The Kier molecular flexibility index (Phi) is 4.28. The maximum Gasteiger partial charge on any atom is 0.255 e. The molecule has 1 unspecified atom stereocenters. The lowest BCUT2D eigenvalue weighted by Crippen LogP contribution is -2.46. The van der Waals surface area contributed by atoms with Crippen LogP contribution in [0.4, 0.5) is 0 Å². The highest BCUT2D eigenvalue weighted by atomic mass is 16.1. The first kappa shape index (κ1) is 13.7. The number of carbonyl (C=O) groups excluding carboxylic acids is 1. The van der Waals surface area contributed by atoms with Crippen molar-refractivity contribution in [3.05, 3.63) is 17.5 Å². The predicted molar refractivity (Wildman–Crippen MR) is 67.8 cm³/mol. The van der Waals surface area contributed by atoms with Crippen molar-refractivity contribution in [1.29, 1.82) is 0 Å². The molecule has 0 fully saturated rings. The summed E-state index contributed by atoms with van der Waals surface area (Å²) in [6.07, 6.45) is 3.23. The van der Waals surface area contributed by atoms with E-state index in [0.29, 0.717) is 12.1 Å². The van der Waals surface area contributed by atoms with Gasteiger partial charge in [0.15, 0.2) is 0 Å². The summed E-state index contributed by atoms with van der Waals surface area (Å²) in [5.74, 6) is -0.0756. The minimum absolute atomic E-state index is 0.0756. The van der Waals surface area contributed by atoms with Crippen LogP contribution in [0.25, 0.3) is 0 Å². The molecule has 5 heteroatoms. The molecule has 0 aliphatic rings. The summed E-state index contributed by atoms with van der Waals surface area (Å²) < 4.78 is 1.70. The number of aromatic nitrogens is 2. The lowest BCUT2D eigenvalue weighted by atomic mass is 9.94. The molecule has 96 valence electrons. The van der Waals surface area contributed by atoms with Crippen molar-refractivity contribution in [3.63, 3.8) is 0 Å². The maximum atomic E-state index is 12.1. The third-order valence-electron chi connectivity index (χ3n) is 3.37. The number of nitrogens with zero attached hydrogens (tertiary/aromatic N) is 2. The van der Waals surface area contributed by atoms with E-state index in [9.17, 15) is 4.79 Å². The molecule has 0 radical (unpaired) electrons. The first-order valence-electron chi connectivity index (χ1n) is 5.94. The number of hydrogen-bond acceptors (Lipinski definition) is 3. The van der Waals surface area contributed by atoms with Gasteiger partial charge in [-0.1, -0.05) is 6.92 Å². The Hall–Kier alpha value is -1.36. The lowest BCUT2D eigenvalue weighted by Gasteiger charge is -2.29. The summed E-state index contributed by atoms with van der Waals surface area (Å²) in [6.45, 7) is 6.51. The maximum absolute atomic E-state index is 12.1. The van der Waals surface area contributed by atoms with Crippen LogP contribution in [0.15, 0.2) is 6.20 Å². The molecular formula is C12H22N4O. The molecule has 0 aliphatic heterocycles. The number of nitrogens with one attached hydrogen (secondary N) is 1. The van der Waals surface area contributed by atoms with Gasteiger partial charge in [-0.3, -0.25) is 9.48 Å². The Morgan fingerprint density at radius 1 is 1.65 bits per heavy atom. The van der Waals surface area contributed by atoms with E-state index in [2.05, 4.69) is 10.4 Å². The molecule has 1 aromatic rings. The zero-order valence-corrected chi connectivity index (χ0v) is 11.1. The zero-order chi connectivity index (χ0) is 13.1. The van der Waals surface area contributed by atoms with E-state index in [1.807, 2.05) is 27.8 Å². The number of hydrogen-bond donors (Lipinski definition) is 2. The standard InChI is InChI=1S/C12H22N4O/c1-5-12(3,6-7-13)15-11(17)10-8-14-16(4)9(10)2/h8H,5-7,13H2,1-4H3,(H,15,17). The molecule has 1 aromatic heterocycles. The van der Waals surface area contributed by atoms with Gasteiger partial charge in [0.2, 0.25) is 0 Å². The fraction of sp³-hybridized carbons (Fsp3) is 0.667. The molecule has 0 spiro atoms. The zero-order valence-electron chi connectivity index (χ0n) is 11.1. The highest BCUT2D eigenvalue weighted by Gasteiger charge is 2.25. The summed E-state index contributed by atoms with van der Waals surface area (Å²) in [4.78, 5) is 12.1. The molecule has 3 N–H and O–H groups in total. The first-order valence-corrected chi connectivity index (χ1v) is 5.94. The van der Waals surface area contributed by atoms with Crippen LogP contribution in [0.3, 0.4) is 0 Å². The third-order valence-corrected chi connectivity index (χ3v) is 3.37. The molecule has 0 saturated heterocycles. The van der Waals surface area contributed by atoms with Crippen molar-refractivity contribution in [2.24, 2.45) is 12.8 Å². The molecule has 1 amide bonds. The van der Waals surface area contributed by atoms with Gasteiger partial charge in [0.1, 0.15) is 0 Å². The number of amides is 1. The van der Waals surface area contributed by atoms with Gasteiger partial charge in [-0.05, 0) is 33.2 Å². The van der Waals surface area contributed by atoms with Crippen LogP contribution in [-0.2, 0) is 7.05 Å². The number of nitrogens with two attached hydrogens (primary N) is 1. The van der Waals surface area contributed by atoms with Gasteiger partial charge in [0, 0.05) is 18.3 Å². The van der Waals surface area contributed by atoms with Crippen LogP contribution in [0.5, 0.6) is 0 Å². The van der Waals surface area contributed by atoms with E-state index in [0.717, 1.165) is 18.5 Å². The predicted octanol–water partition coefficient (Wildman–Crippen LogP) is 0.976. The molecule has 0 aliphatic carbocycles. The minimum Gasteiger partial charge on any atom is -0.347 e. The number of rotatable bonds is 5. The van der Waals surface area contributed by atoms with Gasteiger partial charge in [0.25, 0.3) is 5.91 Å². The fourth-order valence-electron chi connectivity index (χ4n) is 1.71. The lowest BCUT2D eigenvalue weighted by molar-refractivity contribution is 0.0899. The van der Waals surface area contributed by atoms with Crippen molar-refractivity contribution in [3.8, 4) is 0 Å². The third kappa shape index (κ3) is 3.06.